The first kappa shape index (κ1) is 14.1. The summed E-state index contributed by atoms with van der Waals surface area (Å²) in [6.07, 6.45) is 1.00. The van der Waals surface area contributed by atoms with Crippen molar-refractivity contribution in [2.75, 3.05) is 0 Å². The third-order valence-corrected chi connectivity index (χ3v) is 2.12. The van der Waals surface area contributed by atoms with Crippen LogP contribution in [0.15, 0.2) is 0 Å². The monoisotopic (exact) mass is 222 g/mol. The second kappa shape index (κ2) is 5.89. The molecule has 0 heterocycles. The molecule has 0 bridgehead atoms. The van der Waals surface area contributed by atoms with Crippen LogP contribution in [-0.2, 0) is 19.5 Å². The molecule has 0 amide bonds. The van der Waals surface area contributed by atoms with E-state index in [9.17, 15) is 19.8 Å². The highest BCUT2D eigenvalue weighted by atomic mass is 17.5. The van der Waals surface area contributed by atoms with Crippen molar-refractivity contribution in [3.63, 3.8) is 0 Å². The number of rotatable bonds is 8. The van der Waals surface area contributed by atoms with Gasteiger partial charge in [0.2, 0.25) is 0 Å². The van der Waals surface area contributed by atoms with E-state index < -0.39 is 11.4 Å². The minimum Gasteiger partial charge on any atom is -0.340 e. The molecule has 3 N–H and O–H groups in total. The number of hydrogen-bond acceptors (Lipinski definition) is 7. The molecule has 88 valence electrons. The molecule has 0 aromatic heterocycles. The van der Waals surface area contributed by atoms with Crippen molar-refractivity contribution in [2.45, 2.75) is 32.2 Å². The topological polar surface area (TPSA) is 113 Å². The fourth-order valence-corrected chi connectivity index (χ4v) is 1.06. The molecule has 0 atom stereocenters. The van der Waals surface area contributed by atoms with Crippen LogP contribution in [0, 0.1) is 5.41 Å². The van der Waals surface area contributed by atoms with Gasteiger partial charge in [-0.25, -0.2) is 5.26 Å². The summed E-state index contributed by atoms with van der Waals surface area (Å²) in [7, 11) is 0. The smallest absolute Gasteiger partial charge is 0.329 e. The van der Waals surface area contributed by atoms with Gasteiger partial charge in [-0.15, -0.1) is 4.89 Å². The van der Waals surface area contributed by atoms with E-state index in [0.717, 1.165) is 0 Å². The van der Waals surface area contributed by atoms with Crippen LogP contribution in [0.3, 0.4) is 0 Å². The zero-order valence-corrected chi connectivity index (χ0v) is 8.25. The summed E-state index contributed by atoms with van der Waals surface area (Å²) < 4.78 is 0. The Morgan fingerprint density at radius 3 is 2.13 bits per heavy atom. The van der Waals surface area contributed by atoms with Gasteiger partial charge in [-0.05, 0) is 6.42 Å². The highest BCUT2D eigenvalue weighted by molar-refractivity contribution is 5.84. The van der Waals surface area contributed by atoms with Gasteiger partial charge in [-0.2, -0.15) is 0 Å². The predicted octanol–water partition coefficient (Wildman–Crippen LogP) is -0.380. The van der Waals surface area contributed by atoms with E-state index in [0.29, 0.717) is 12.8 Å². The molecule has 0 aliphatic heterocycles. The van der Waals surface area contributed by atoms with Gasteiger partial charge in [0.25, 0.3) is 0 Å². The summed E-state index contributed by atoms with van der Waals surface area (Å²) in [4.78, 5) is 25.1. The Hall–Kier alpha value is -0.860. The molecular weight excluding hydrogens is 208 g/mol. The first-order valence-electron chi connectivity index (χ1n) is 4.36. The predicted molar refractivity (Wildman–Crippen MR) is 46.1 cm³/mol. The molecular formula is C8H14O7. The van der Waals surface area contributed by atoms with E-state index in [2.05, 4.69) is 9.93 Å². The Morgan fingerprint density at radius 1 is 1.27 bits per heavy atom. The molecule has 0 rings (SSSR count). The second-order valence-electron chi connectivity index (χ2n) is 3.15. The lowest BCUT2D eigenvalue weighted by molar-refractivity contribution is -0.601. The molecule has 7 heteroatoms. The van der Waals surface area contributed by atoms with Crippen LogP contribution in [0.2, 0.25) is 0 Å². The Labute approximate surface area is 86.1 Å². The van der Waals surface area contributed by atoms with Gasteiger partial charge in [0.15, 0.2) is 5.41 Å². The Morgan fingerprint density at radius 2 is 1.80 bits per heavy atom. The van der Waals surface area contributed by atoms with E-state index in [4.69, 9.17) is 5.26 Å². The van der Waals surface area contributed by atoms with E-state index in [1.165, 1.54) is 0 Å². The van der Waals surface area contributed by atoms with Crippen molar-refractivity contribution in [3.8, 4) is 0 Å². The van der Waals surface area contributed by atoms with Gasteiger partial charge in [0, 0.05) is 0 Å². The van der Waals surface area contributed by atoms with Crippen molar-refractivity contribution in [3.05, 3.63) is 0 Å². The molecule has 0 saturated carbocycles. The van der Waals surface area contributed by atoms with Crippen molar-refractivity contribution in [1.29, 1.82) is 0 Å². The highest BCUT2D eigenvalue weighted by Gasteiger charge is 2.53. The quantitative estimate of drug-likeness (QED) is 0.169. The van der Waals surface area contributed by atoms with Crippen molar-refractivity contribution in [1.82, 2.24) is 0 Å². The van der Waals surface area contributed by atoms with Gasteiger partial charge in [-0.3, -0.25) is 0 Å². The van der Waals surface area contributed by atoms with Gasteiger partial charge in [-0.1, -0.05) is 24.8 Å². The highest BCUT2D eigenvalue weighted by Crippen LogP contribution is 2.32. The molecule has 0 unspecified atom stereocenters. The molecule has 0 radical (unpaired) electrons. The summed E-state index contributed by atoms with van der Waals surface area (Å²) in [5.74, 6) is -3.19. The maximum Gasteiger partial charge on any atom is 0.329 e. The number of unbranched alkanes of at least 4 members (excludes halogenated alkanes) is 1. The fraction of sp³-hybridized carbons (Fsp3) is 0.750. The minimum atomic E-state index is -3.19. The fourth-order valence-electron chi connectivity index (χ4n) is 1.06. The van der Waals surface area contributed by atoms with Crippen molar-refractivity contribution < 1.29 is 35.0 Å². The summed E-state index contributed by atoms with van der Waals surface area (Å²) in [5.41, 5.74) is -2.17. The zero-order valence-electron chi connectivity index (χ0n) is 8.25. The Bertz CT molecular complexity index is 205. The summed E-state index contributed by atoms with van der Waals surface area (Å²) in [6, 6.07) is 0. The average molecular weight is 222 g/mol. The Kier molecular flexibility index (Phi) is 5.55. The van der Waals surface area contributed by atoms with E-state index >= 15 is 0 Å². The van der Waals surface area contributed by atoms with Crippen molar-refractivity contribution in [2.24, 2.45) is 5.41 Å². The molecule has 0 fully saturated rings. The lowest BCUT2D eigenvalue weighted by Crippen LogP contribution is -2.52. The SMILES string of the molecule is CCCCC(C=O)(C=O)C(O)(O)OOO. The van der Waals surface area contributed by atoms with Gasteiger partial charge in [0.05, 0.1) is 0 Å². The number of carbonyl (C=O) groups is 2. The third-order valence-electron chi connectivity index (χ3n) is 2.12. The second-order valence-corrected chi connectivity index (χ2v) is 3.15. The Balaban J connectivity index is 4.88. The molecule has 0 spiro atoms. The van der Waals surface area contributed by atoms with Crippen LogP contribution in [-0.4, -0.2) is 34.0 Å². The van der Waals surface area contributed by atoms with Crippen LogP contribution in [0.25, 0.3) is 0 Å². The van der Waals surface area contributed by atoms with Crippen molar-refractivity contribution >= 4 is 12.6 Å². The molecule has 7 nitrogen and oxygen atoms in total. The molecule has 0 saturated heterocycles. The molecule has 15 heavy (non-hydrogen) atoms. The lowest BCUT2D eigenvalue weighted by atomic mass is 9.83. The minimum absolute atomic E-state index is 0.0503. The van der Waals surface area contributed by atoms with Crippen LogP contribution in [0.4, 0.5) is 0 Å². The zero-order chi connectivity index (χ0) is 11.9. The molecule has 0 aromatic carbocycles. The van der Waals surface area contributed by atoms with Gasteiger partial charge >= 0.3 is 5.97 Å². The average Bonchev–Trinajstić information content (AvgIpc) is 2.19. The number of aliphatic hydroxyl groups is 2. The lowest BCUT2D eigenvalue weighted by Gasteiger charge is -2.31. The molecule has 0 aromatic rings. The normalized spacial score (nSPS) is 12.5. The molecule has 0 aliphatic rings. The summed E-state index contributed by atoms with van der Waals surface area (Å²) in [5, 5.41) is 29.5. The van der Waals surface area contributed by atoms with Crippen LogP contribution >= 0.6 is 0 Å². The number of carbonyl (C=O) groups excluding carboxylic acids is 2. The van der Waals surface area contributed by atoms with Gasteiger partial charge in [0.1, 0.15) is 12.6 Å². The van der Waals surface area contributed by atoms with Crippen LogP contribution in [0.1, 0.15) is 26.2 Å². The van der Waals surface area contributed by atoms with E-state index in [1.54, 1.807) is 6.92 Å². The maximum absolute atomic E-state index is 10.7. The first-order chi connectivity index (χ1) is 6.99. The number of aldehydes is 2. The summed E-state index contributed by atoms with van der Waals surface area (Å²) in [6.45, 7) is 1.79. The first-order valence-corrected chi connectivity index (χ1v) is 4.36. The third kappa shape index (κ3) is 3.05. The maximum atomic E-state index is 10.7. The van der Waals surface area contributed by atoms with Gasteiger partial charge < -0.3 is 19.8 Å². The standard InChI is InChI=1S/C8H14O7/c1-2-3-4-7(5-9,6-10)8(11,12)14-15-13/h5-6,11-13H,2-4H2,1H3. The molecule has 0 aliphatic carbocycles. The summed E-state index contributed by atoms with van der Waals surface area (Å²) >= 11 is 0. The van der Waals surface area contributed by atoms with E-state index in [-0.39, 0.29) is 19.0 Å². The van der Waals surface area contributed by atoms with Crippen LogP contribution < -0.4 is 0 Å². The van der Waals surface area contributed by atoms with Crippen LogP contribution in [0.5, 0.6) is 0 Å². The number of hydrogen-bond donors (Lipinski definition) is 3. The van der Waals surface area contributed by atoms with E-state index in [1.807, 2.05) is 0 Å². The largest absolute Gasteiger partial charge is 0.340 e.